The Balaban J connectivity index is 0.00000240. The van der Waals surface area contributed by atoms with Crippen LogP contribution in [0.5, 0.6) is 0 Å². The van der Waals surface area contributed by atoms with Crippen LogP contribution in [0.2, 0.25) is 0 Å². The quantitative estimate of drug-likeness (QED) is 0.453. The predicted octanol–water partition coefficient (Wildman–Crippen LogP) is 5.15. The van der Waals surface area contributed by atoms with Gasteiger partial charge in [-0.15, -0.1) is 33.8 Å². The second-order valence-electron chi connectivity index (χ2n) is 6.72. The highest BCUT2D eigenvalue weighted by Crippen LogP contribution is 2.43. The van der Waals surface area contributed by atoms with Gasteiger partial charge in [-0.3, -0.25) is 0 Å². The fraction of sp³-hybridized carbons (Fsp3) is 0.286. The molecule has 0 N–H and O–H groups in total. The Labute approximate surface area is 184 Å². The molecule has 0 bridgehead atoms. The molecule has 8 heteroatoms. The van der Waals surface area contributed by atoms with Crippen molar-refractivity contribution in [2.24, 2.45) is 0 Å². The highest BCUT2D eigenvalue weighted by Gasteiger charge is 2.28. The molecule has 2 aliphatic heterocycles. The number of allylic oxidation sites excluding steroid dienone is 1. The molecule has 5 nitrogen and oxygen atoms in total. The van der Waals surface area contributed by atoms with Crippen LogP contribution in [0.3, 0.4) is 0 Å². The van der Waals surface area contributed by atoms with E-state index in [1.54, 1.807) is 18.2 Å². The molecule has 1 aromatic carbocycles. The number of hydrogen-bond donors (Lipinski definition) is 0. The highest BCUT2D eigenvalue weighted by atomic mass is 79.9. The Morgan fingerprint density at radius 3 is 2.76 bits per heavy atom. The lowest BCUT2D eigenvalue weighted by atomic mass is 10.1. The molecule has 0 radical (unpaired) electrons. The van der Waals surface area contributed by atoms with E-state index in [1.165, 1.54) is 23.9 Å². The van der Waals surface area contributed by atoms with Crippen molar-refractivity contribution in [2.75, 3.05) is 6.54 Å². The van der Waals surface area contributed by atoms with Crippen molar-refractivity contribution in [3.05, 3.63) is 70.4 Å². The number of hydrogen-bond acceptors (Lipinski definition) is 5. The van der Waals surface area contributed by atoms with Crippen molar-refractivity contribution in [2.45, 2.75) is 32.2 Å². The van der Waals surface area contributed by atoms with E-state index in [0.29, 0.717) is 17.9 Å². The summed E-state index contributed by atoms with van der Waals surface area (Å²) >= 11 is 1.48. The Morgan fingerprint density at radius 1 is 1.24 bits per heavy atom. The number of halogens is 2. The number of fused-ring (bicyclic) bond motifs is 1. The lowest BCUT2D eigenvalue weighted by molar-refractivity contribution is 0.585. The zero-order chi connectivity index (χ0) is 19.5. The number of nitrogens with zero attached hydrogens (tertiary/aromatic N) is 5. The molecular weight excluding hydrogens is 453 g/mol. The van der Waals surface area contributed by atoms with Crippen molar-refractivity contribution in [1.82, 2.24) is 19.7 Å². The molecule has 1 aromatic heterocycles. The molecule has 3 heterocycles. The third-order valence-corrected chi connectivity index (χ3v) is 5.92. The van der Waals surface area contributed by atoms with E-state index in [-0.39, 0.29) is 22.8 Å². The van der Waals surface area contributed by atoms with Gasteiger partial charge in [-0.2, -0.15) is 5.26 Å². The number of aromatic nitrogens is 3. The van der Waals surface area contributed by atoms with E-state index in [2.05, 4.69) is 27.4 Å². The van der Waals surface area contributed by atoms with E-state index in [9.17, 15) is 9.65 Å². The van der Waals surface area contributed by atoms with Crippen molar-refractivity contribution in [3.8, 4) is 6.07 Å². The van der Waals surface area contributed by atoms with E-state index < -0.39 is 0 Å². The minimum atomic E-state index is -0.273. The van der Waals surface area contributed by atoms with Crippen LogP contribution in [-0.2, 0) is 13.0 Å². The predicted molar refractivity (Wildman–Crippen MR) is 119 cm³/mol. The fourth-order valence-electron chi connectivity index (χ4n) is 3.56. The van der Waals surface area contributed by atoms with Gasteiger partial charge < -0.3 is 9.47 Å². The van der Waals surface area contributed by atoms with Gasteiger partial charge in [0.15, 0.2) is 5.82 Å². The summed E-state index contributed by atoms with van der Waals surface area (Å²) in [6, 6.07) is 8.73. The average Bonchev–Trinajstić information content (AvgIpc) is 3.21. The molecule has 0 spiro atoms. The monoisotopic (exact) mass is 473 g/mol. The summed E-state index contributed by atoms with van der Waals surface area (Å²) in [7, 11) is 0. The largest absolute Gasteiger partial charge is 0.330 e. The molecule has 2 aliphatic rings. The van der Waals surface area contributed by atoms with Crippen LogP contribution in [0.1, 0.15) is 36.5 Å². The zero-order valence-corrected chi connectivity index (χ0v) is 18.4. The number of benzene rings is 1. The molecule has 0 fully saturated rings. The average molecular weight is 474 g/mol. The maximum Gasteiger partial charge on any atom is 0.177 e. The summed E-state index contributed by atoms with van der Waals surface area (Å²) in [6.45, 7) is 5.23. The summed E-state index contributed by atoms with van der Waals surface area (Å²) < 4.78 is 15.4. The van der Waals surface area contributed by atoms with Gasteiger partial charge in [-0.1, -0.05) is 24.3 Å². The van der Waals surface area contributed by atoms with Crippen LogP contribution in [-0.4, -0.2) is 26.2 Å². The van der Waals surface area contributed by atoms with Gasteiger partial charge in [-0.25, -0.2) is 4.39 Å². The van der Waals surface area contributed by atoms with Gasteiger partial charge >= 0.3 is 0 Å². The third-order valence-electron chi connectivity index (χ3n) is 4.93. The summed E-state index contributed by atoms with van der Waals surface area (Å²) in [5, 5.41) is 21.5. The first-order chi connectivity index (χ1) is 13.7. The molecule has 0 amide bonds. The smallest absolute Gasteiger partial charge is 0.177 e. The molecule has 0 unspecified atom stereocenters. The number of nitriles is 1. The molecule has 0 saturated carbocycles. The fourth-order valence-corrected chi connectivity index (χ4v) is 4.60. The van der Waals surface area contributed by atoms with Crippen molar-refractivity contribution in [3.63, 3.8) is 0 Å². The van der Waals surface area contributed by atoms with Crippen molar-refractivity contribution in [1.29, 1.82) is 5.26 Å². The first kappa shape index (κ1) is 21.3. The normalized spacial score (nSPS) is 17.5. The van der Waals surface area contributed by atoms with Gasteiger partial charge in [0, 0.05) is 24.9 Å². The molecule has 29 heavy (non-hydrogen) atoms. The van der Waals surface area contributed by atoms with Crippen LogP contribution >= 0.6 is 28.7 Å². The number of rotatable bonds is 4. The van der Waals surface area contributed by atoms with Crippen molar-refractivity contribution < 1.29 is 4.39 Å². The van der Waals surface area contributed by atoms with Gasteiger partial charge in [0.2, 0.25) is 0 Å². The molecule has 4 rings (SSSR count). The Kier molecular flexibility index (Phi) is 6.93. The standard InChI is InChI=1S/C21H20FN5S.BrH/c1-2-11-26-18(15-7-9-16(22)10-8-15)14-28-21(26)17(13-23)20-25-24-19-6-4-3-5-12-27(19)20;/h2,7-10,14H,1,3-6,11-12H2;1H. The Bertz CT molecular complexity index is 1000. The number of thioether (sulfide) groups is 1. The maximum absolute atomic E-state index is 13.3. The van der Waals surface area contributed by atoms with E-state index in [0.717, 1.165) is 54.3 Å². The van der Waals surface area contributed by atoms with E-state index in [4.69, 9.17) is 0 Å². The molecule has 2 aromatic rings. The third kappa shape index (κ3) is 4.16. The SMILES string of the molecule is Br.C=CCN1C(c2ccc(F)cc2)=CSC1=C(C#N)c1nnc2n1CCCCC2. The van der Waals surface area contributed by atoms with Gasteiger partial charge in [0.05, 0.1) is 5.70 Å². The molecule has 0 saturated heterocycles. The molecule has 0 aliphatic carbocycles. The van der Waals surface area contributed by atoms with Gasteiger partial charge in [0.1, 0.15) is 28.3 Å². The summed E-state index contributed by atoms with van der Waals surface area (Å²) in [5.74, 6) is 1.31. The Hall–Kier alpha value is -2.37. The highest BCUT2D eigenvalue weighted by molar-refractivity contribution is 8.93. The first-order valence-corrected chi connectivity index (χ1v) is 10.2. The van der Waals surface area contributed by atoms with Crippen molar-refractivity contribution >= 4 is 40.0 Å². The summed E-state index contributed by atoms with van der Waals surface area (Å²) in [4.78, 5) is 2.03. The summed E-state index contributed by atoms with van der Waals surface area (Å²) in [5.41, 5.74) is 2.33. The van der Waals surface area contributed by atoms with Crippen LogP contribution in [0.15, 0.2) is 47.4 Å². The molecule has 150 valence electrons. The second-order valence-corrected chi connectivity index (χ2v) is 7.58. The Morgan fingerprint density at radius 2 is 2.03 bits per heavy atom. The first-order valence-electron chi connectivity index (χ1n) is 9.31. The van der Waals surface area contributed by atoms with E-state index >= 15 is 0 Å². The lowest BCUT2D eigenvalue weighted by Crippen LogP contribution is -2.18. The van der Waals surface area contributed by atoms with Crippen LogP contribution in [0, 0.1) is 17.1 Å². The van der Waals surface area contributed by atoms with E-state index in [1.807, 2.05) is 10.3 Å². The summed E-state index contributed by atoms with van der Waals surface area (Å²) in [6.07, 6.45) is 6.01. The van der Waals surface area contributed by atoms with Crippen LogP contribution < -0.4 is 0 Å². The lowest BCUT2D eigenvalue weighted by Gasteiger charge is -2.23. The molecule has 0 atom stereocenters. The minimum Gasteiger partial charge on any atom is -0.330 e. The topological polar surface area (TPSA) is 57.7 Å². The van der Waals surface area contributed by atoms with Gasteiger partial charge in [-0.05, 0) is 42.7 Å². The zero-order valence-electron chi connectivity index (χ0n) is 15.8. The minimum absolute atomic E-state index is 0. The maximum atomic E-state index is 13.3. The number of aryl methyl sites for hydroxylation is 1. The van der Waals surface area contributed by atoms with Crippen LogP contribution in [0.25, 0.3) is 11.3 Å². The van der Waals surface area contributed by atoms with Gasteiger partial charge in [0.25, 0.3) is 0 Å². The molecular formula is C21H21BrFN5S. The second kappa shape index (κ2) is 9.42. The van der Waals surface area contributed by atoms with Crippen LogP contribution in [0.4, 0.5) is 4.39 Å².